The van der Waals surface area contributed by atoms with Gasteiger partial charge in [0.05, 0.1) is 6.10 Å². The van der Waals surface area contributed by atoms with Crippen LogP contribution in [-0.2, 0) is 4.74 Å². The zero-order chi connectivity index (χ0) is 15.0. The molecule has 0 heterocycles. The number of carbonyl (C=O) groups excluding carboxylic acids is 2. The molecule has 2 aliphatic carbocycles. The molecule has 21 heavy (non-hydrogen) atoms. The van der Waals surface area contributed by atoms with E-state index >= 15 is 0 Å². The molecule has 4 heteroatoms. The lowest BCUT2D eigenvalue weighted by Crippen LogP contribution is -2.30. The van der Waals surface area contributed by atoms with Gasteiger partial charge in [-0.25, -0.2) is 0 Å². The van der Waals surface area contributed by atoms with Crippen LogP contribution in [0.3, 0.4) is 0 Å². The van der Waals surface area contributed by atoms with E-state index in [4.69, 9.17) is 4.74 Å². The van der Waals surface area contributed by atoms with Gasteiger partial charge in [0.25, 0.3) is 0 Å². The van der Waals surface area contributed by atoms with Crippen LogP contribution in [0.4, 0.5) is 0 Å². The Hall–Kier alpha value is -1.94. The van der Waals surface area contributed by atoms with Crippen LogP contribution < -0.4 is 0 Å². The summed E-state index contributed by atoms with van der Waals surface area (Å²) in [6, 6.07) is 6.69. The van der Waals surface area contributed by atoms with Gasteiger partial charge < -0.3 is 9.84 Å². The van der Waals surface area contributed by atoms with Crippen molar-refractivity contribution >= 4 is 11.6 Å². The van der Waals surface area contributed by atoms with Gasteiger partial charge in [0.1, 0.15) is 0 Å². The fourth-order valence-electron chi connectivity index (χ4n) is 3.35. The van der Waals surface area contributed by atoms with Crippen molar-refractivity contribution in [3.8, 4) is 0 Å². The molecule has 4 nitrogen and oxygen atoms in total. The second-order valence-corrected chi connectivity index (χ2v) is 5.68. The van der Waals surface area contributed by atoms with Crippen LogP contribution in [0, 0.1) is 5.92 Å². The van der Waals surface area contributed by atoms with Crippen LogP contribution in [0.1, 0.15) is 46.4 Å². The van der Waals surface area contributed by atoms with E-state index in [-0.39, 0.29) is 23.6 Å². The minimum atomic E-state index is -0.436. The molecule has 2 aliphatic rings. The van der Waals surface area contributed by atoms with Gasteiger partial charge in [0.2, 0.25) is 5.78 Å². The van der Waals surface area contributed by atoms with Crippen LogP contribution in [0.2, 0.25) is 0 Å². The van der Waals surface area contributed by atoms with Crippen molar-refractivity contribution in [2.24, 2.45) is 5.92 Å². The lowest BCUT2D eigenvalue weighted by molar-refractivity contribution is 0.0592. The highest BCUT2D eigenvalue weighted by molar-refractivity contribution is 6.26. The van der Waals surface area contributed by atoms with E-state index in [0.717, 1.165) is 25.7 Å². The van der Waals surface area contributed by atoms with Crippen molar-refractivity contribution in [3.63, 3.8) is 0 Å². The van der Waals surface area contributed by atoms with Crippen molar-refractivity contribution in [3.05, 3.63) is 46.7 Å². The molecule has 0 unspecified atom stereocenters. The van der Waals surface area contributed by atoms with E-state index in [1.165, 1.54) is 0 Å². The zero-order valence-corrected chi connectivity index (χ0v) is 12.0. The average molecular weight is 286 g/mol. The van der Waals surface area contributed by atoms with Crippen molar-refractivity contribution < 1.29 is 19.4 Å². The third kappa shape index (κ3) is 2.29. The molecule has 0 amide bonds. The maximum atomic E-state index is 12.6. The van der Waals surface area contributed by atoms with E-state index in [1.807, 2.05) is 0 Å². The maximum absolute atomic E-state index is 12.6. The normalized spacial score (nSPS) is 26.0. The van der Waals surface area contributed by atoms with Crippen molar-refractivity contribution in [1.29, 1.82) is 0 Å². The fraction of sp³-hybridized carbons (Fsp3) is 0.412. The van der Waals surface area contributed by atoms with Crippen molar-refractivity contribution in [2.45, 2.75) is 31.8 Å². The monoisotopic (exact) mass is 286 g/mol. The zero-order valence-electron chi connectivity index (χ0n) is 12.0. The predicted molar refractivity (Wildman–Crippen MR) is 77.5 cm³/mol. The molecule has 0 atom stereocenters. The summed E-state index contributed by atoms with van der Waals surface area (Å²) < 4.78 is 5.33. The van der Waals surface area contributed by atoms with Gasteiger partial charge in [-0.1, -0.05) is 24.3 Å². The van der Waals surface area contributed by atoms with Crippen molar-refractivity contribution in [1.82, 2.24) is 0 Å². The number of fused-ring (bicyclic) bond motifs is 1. The molecule has 0 saturated heterocycles. The topological polar surface area (TPSA) is 63.6 Å². The maximum Gasteiger partial charge on any atom is 0.228 e. The second-order valence-electron chi connectivity index (χ2n) is 5.68. The number of ether oxygens (including phenoxy) is 1. The average Bonchev–Trinajstić information content (AvgIpc) is 2.53. The second kappa shape index (κ2) is 5.45. The summed E-state index contributed by atoms with van der Waals surface area (Å²) in [5, 5.41) is 10.2. The first kappa shape index (κ1) is 14.0. The highest BCUT2D eigenvalue weighted by atomic mass is 16.5. The Labute approximate surface area is 123 Å². The Morgan fingerprint density at radius 1 is 1.00 bits per heavy atom. The van der Waals surface area contributed by atoms with Gasteiger partial charge in [-0.15, -0.1) is 0 Å². The summed E-state index contributed by atoms with van der Waals surface area (Å²) in [7, 11) is 1.69. The first-order chi connectivity index (χ1) is 10.1. The molecule has 1 aromatic carbocycles. The Bertz CT molecular complexity index is 621. The Balaban J connectivity index is 1.94. The van der Waals surface area contributed by atoms with E-state index in [1.54, 1.807) is 31.4 Å². The van der Waals surface area contributed by atoms with Crippen LogP contribution in [0.15, 0.2) is 35.6 Å². The number of aliphatic hydroxyl groups is 1. The van der Waals surface area contributed by atoms with Gasteiger partial charge in [-0.05, 0) is 31.6 Å². The van der Waals surface area contributed by atoms with E-state index in [2.05, 4.69) is 0 Å². The summed E-state index contributed by atoms with van der Waals surface area (Å²) in [6.07, 6.45) is 3.44. The number of hydrogen-bond acceptors (Lipinski definition) is 4. The molecule has 0 spiro atoms. The molecule has 110 valence electrons. The molecule has 0 radical (unpaired) electrons. The number of hydrogen-bond donors (Lipinski definition) is 1. The Kier molecular flexibility index (Phi) is 3.64. The number of ketones is 2. The minimum Gasteiger partial charge on any atom is -0.504 e. The standard InChI is InChI=1S/C17H18O4/c1-21-11-8-6-10(7-9-11)14-15(18)12-4-2-3-5-13(12)16(19)17(14)20/h2-5,10-11,20H,6-9H2,1H3. The molecule has 0 bridgehead atoms. The Morgan fingerprint density at radius 2 is 1.57 bits per heavy atom. The van der Waals surface area contributed by atoms with Gasteiger partial charge in [0.15, 0.2) is 11.5 Å². The number of allylic oxidation sites excluding steroid dienone is 2. The Morgan fingerprint density at radius 3 is 2.14 bits per heavy atom. The van der Waals surface area contributed by atoms with Crippen LogP contribution in [0.5, 0.6) is 0 Å². The molecule has 0 aliphatic heterocycles. The molecule has 1 fully saturated rings. The van der Waals surface area contributed by atoms with Crippen LogP contribution in [0.25, 0.3) is 0 Å². The van der Waals surface area contributed by atoms with Gasteiger partial charge in [-0.2, -0.15) is 0 Å². The smallest absolute Gasteiger partial charge is 0.228 e. The SMILES string of the molecule is COC1CCC(C2=C(O)C(=O)c3ccccc3C2=O)CC1. The van der Waals surface area contributed by atoms with Crippen molar-refractivity contribution in [2.75, 3.05) is 7.11 Å². The van der Waals surface area contributed by atoms with Gasteiger partial charge in [0, 0.05) is 23.8 Å². The molecular weight excluding hydrogens is 268 g/mol. The minimum absolute atomic E-state index is 0.0544. The number of methoxy groups -OCH3 is 1. The summed E-state index contributed by atoms with van der Waals surface area (Å²) >= 11 is 0. The van der Waals surface area contributed by atoms with E-state index < -0.39 is 5.78 Å². The lowest BCUT2D eigenvalue weighted by atomic mass is 9.75. The molecule has 0 aromatic heterocycles. The highest BCUT2D eigenvalue weighted by Gasteiger charge is 2.37. The number of aliphatic hydroxyl groups excluding tert-OH is 1. The first-order valence-electron chi connectivity index (χ1n) is 7.27. The van der Waals surface area contributed by atoms with Crippen LogP contribution >= 0.6 is 0 Å². The first-order valence-corrected chi connectivity index (χ1v) is 7.27. The molecular formula is C17H18O4. The highest BCUT2D eigenvalue weighted by Crippen LogP contribution is 2.37. The largest absolute Gasteiger partial charge is 0.504 e. The number of carbonyl (C=O) groups is 2. The molecule has 3 rings (SSSR count). The quantitative estimate of drug-likeness (QED) is 0.907. The summed E-state index contributed by atoms with van der Waals surface area (Å²) in [5.74, 6) is -1.06. The summed E-state index contributed by atoms with van der Waals surface area (Å²) in [6.45, 7) is 0. The predicted octanol–water partition coefficient (Wildman–Crippen LogP) is 3.08. The van der Waals surface area contributed by atoms with E-state index in [0.29, 0.717) is 16.7 Å². The third-order valence-electron chi connectivity index (χ3n) is 4.55. The van der Waals surface area contributed by atoms with E-state index in [9.17, 15) is 14.7 Å². The number of benzene rings is 1. The third-order valence-corrected chi connectivity index (χ3v) is 4.55. The van der Waals surface area contributed by atoms with Gasteiger partial charge >= 0.3 is 0 Å². The summed E-state index contributed by atoms with van der Waals surface area (Å²) in [5.41, 5.74) is 1.01. The molecule has 1 N–H and O–H groups in total. The lowest BCUT2D eigenvalue weighted by Gasteiger charge is -2.30. The van der Waals surface area contributed by atoms with Gasteiger partial charge in [-0.3, -0.25) is 9.59 Å². The molecule has 1 saturated carbocycles. The van der Waals surface area contributed by atoms with Crippen LogP contribution in [-0.4, -0.2) is 29.9 Å². The number of Topliss-reactive ketones (excluding diaryl/α,β-unsaturated/α-hetero) is 2. The summed E-state index contributed by atoms with van der Waals surface area (Å²) in [4.78, 5) is 24.9. The fourth-order valence-corrected chi connectivity index (χ4v) is 3.35. The molecule has 1 aromatic rings. The number of rotatable bonds is 2.